The van der Waals surface area contributed by atoms with E-state index in [4.69, 9.17) is 0 Å². The Morgan fingerprint density at radius 3 is 2.42 bits per heavy atom. The maximum absolute atomic E-state index is 12.4. The molecule has 1 rings (SSSR count). The van der Waals surface area contributed by atoms with Crippen LogP contribution in [0.5, 0.6) is 0 Å². The van der Waals surface area contributed by atoms with E-state index in [2.05, 4.69) is 0 Å². The van der Waals surface area contributed by atoms with Crippen LogP contribution in [0.4, 0.5) is 0 Å². The molecule has 0 heterocycles. The van der Waals surface area contributed by atoms with Crippen molar-refractivity contribution in [3.8, 4) is 0 Å². The van der Waals surface area contributed by atoms with Gasteiger partial charge in [-0.25, -0.2) is 0 Å². The topological polar surface area (TPSA) is 40.5 Å². The lowest BCUT2D eigenvalue weighted by Gasteiger charge is -2.31. The summed E-state index contributed by atoms with van der Waals surface area (Å²) in [4.78, 5) is 14.1. The molecule has 0 radical (unpaired) electrons. The van der Waals surface area contributed by atoms with Crippen LogP contribution in [-0.2, 0) is 11.3 Å². The minimum absolute atomic E-state index is 0.0680. The zero-order chi connectivity index (χ0) is 14.5. The summed E-state index contributed by atoms with van der Waals surface area (Å²) in [7, 11) is 0. The summed E-state index contributed by atoms with van der Waals surface area (Å²) in [5, 5.41) is 9.88. The standard InChI is InChI=1S/C15H23NO2S/c1-12(19-4)14(17)16(11-15(2,3)18)10-13-8-6-5-7-9-13/h5-9,12,18H,10-11H2,1-4H3. The van der Waals surface area contributed by atoms with E-state index in [-0.39, 0.29) is 11.2 Å². The summed E-state index contributed by atoms with van der Waals surface area (Å²) < 4.78 is 0. The van der Waals surface area contributed by atoms with Crippen LogP contribution in [-0.4, -0.2) is 39.6 Å². The molecule has 0 aliphatic rings. The number of carbonyl (C=O) groups excluding carboxylic acids is 1. The van der Waals surface area contributed by atoms with Crippen LogP contribution in [0.2, 0.25) is 0 Å². The van der Waals surface area contributed by atoms with E-state index < -0.39 is 5.60 Å². The van der Waals surface area contributed by atoms with Crippen LogP contribution >= 0.6 is 11.8 Å². The largest absolute Gasteiger partial charge is 0.389 e. The first-order chi connectivity index (χ1) is 8.83. The SMILES string of the molecule is CSC(C)C(=O)N(Cc1ccccc1)CC(C)(C)O. The van der Waals surface area contributed by atoms with Crippen molar-refractivity contribution >= 4 is 17.7 Å². The molecule has 1 N–H and O–H groups in total. The van der Waals surface area contributed by atoms with Crippen molar-refractivity contribution in [2.45, 2.75) is 38.2 Å². The number of nitrogens with zero attached hydrogens (tertiary/aromatic N) is 1. The molecule has 0 aliphatic heterocycles. The lowest BCUT2D eigenvalue weighted by Crippen LogP contribution is -2.44. The molecule has 0 aliphatic carbocycles. The lowest BCUT2D eigenvalue weighted by atomic mass is 10.1. The number of thioether (sulfide) groups is 1. The highest BCUT2D eigenvalue weighted by Gasteiger charge is 2.25. The van der Waals surface area contributed by atoms with Crippen LogP contribution in [0.25, 0.3) is 0 Å². The van der Waals surface area contributed by atoms with Crippen LogP contribution in [0.3, 0.4) is 0 Å². The minimum Gasteiger partial charge on any atom is -0.389 e. The first-order valence-corrected chi connectivity index (χ1v) is 7.70. The summed E-state index contributed by atoms with van der Waals surface area (Å²) in [5.74, 6) is 0.0680. The number of aliphatic hydroxyl groups is 1. The molecule has 0 aromatic heterocycles. The number of benzene rings is 1. The van der Waals surface area contributed by atoms with E-state index in [0.717, 1.165) is 5.56 Å². The predicted octanol–water partition coefficient (Wildman–Crippen LogP) is 2.54. The lowest BCUT2D eigenvalue weighted by molar-refractivity contribution is -0.134. The van der Waals surface area contributed by atoms with Gasteiger partial charge in [-0.1, -0.05) is 30.3 Å². The quantitative estimate of drug-likeness (QED) is 0.871. The fourth-order valence-electron chi connectivity index (χ4n) is 1.84. The van der Waals surface area contributed by atoms with Gasteiger partial charge in [0.05, 0.1) is 10.9 Å². The van der Waals surface area contributed by atoms with Gasteiger partial charge in [-0.3, -0.25) is 4.79 Å². The van der Waals surface area contributed by atoms with Gasteiger partial charge in [0, 0.05) is 13.1 Å². The highest BCUT2D eigenvalue weighted by atomic mass is 32.2. The number of carbonyl (C=O) groups is 1. The molecule has 0 saturated heterocycles. The van der Waals surface area contributed by atoms with Gasteiger partial charge in [-0.05, 0) is 32.6 Å². The van der Waals surface area contributed by atoms with Crippen molar-refractivity contribution in [1.29, 1.82) is 0 Å². The second kappa shape index (κ2) is 6.96. The highest BCUT2D eigenvalue weighted by molar-refractivity contribution is 7.99. The van der Waals surface area contributed by atoms with Crippen LogP contribution in [0.15, 0.2) is 30.3 Å². The van der Waals surface area contributed by atoms with Crippen molar-refractivity contribution in [1.82, 2.24) is 4.90 Å². The maximum atomic E-state index is 12.4. The third-order valence-electron chi connectivity index (χ3n) is 2.81. The normalized spacial score (nSPS) is 13.1. The molecule has 1 atom stereocenters. The van der Waals surface area contributed by atoms with Crippen LogP contribution in [0, 0.1) is 0 Å². The summed E-state index contributed by atoms with van der Waals surface area (Å²) in [6, 6.07) is 9.86. The molecular formula is C15H23NO2S. The van der Waals surface area contributed by atoms with E-state index in [1.807, 2.05) is 43.5 Å². The van der Waals surface area contributed by atoms with E-state index in [0.29, 0.717) is 13.1 Å². The van der Waals surface area contributed by atoms with Crippen LogP contribution < -0.4 is 0 Å². The van der Waals surface area contributed by atoms with Gasteiger partial charge >= 0.3 is 0 Å². The molecular weight excluding hydrogens is 258 g/mol. The third kappa shape index (κ3) is 5.66. The second-order valence-corrected chi connectivity index (χ2v) is 6.55. The average Bonchev–Trinajstić information content (AvgIpc) is 2.36. The zero-order valence-corrected chi connectivity index (χ0v) is 12.9. The van der Waals surface area contributed by atoms with E-state index in [1.54, 1.807) is 18.7 Å². The van der Waals surface area contributed by atoms with Gasteiger partial charge in [-0.2, -0.15) is 11.8 Å². The van der Waals surface area contributed by atoms with E-state index in [9.17, 15) is 9.90 Å². The highest BCUT2D eigenvalue weighted by Crippen LogP contribution is 2.16. The first kappa shape index (κ1) is 16.1. The molecule has 1 amide bonds. The fourth-order valence-corrected chi connectivity index (χ4v) is 2.19. The van der Waals surface area contributed by atoms with Crippen molar-refractivity contribution < 1.29 is 9.90 Å². The smallest absolute Gasteiger partial charge is 0.235 e. The Balaban J connectivity index is 2.83. The zero-order valence-electron chi connectivity index (χ0n) is 12.1. The Labute approximate surface area is 120 Å². The molecule has 1 unspecified atom stereocenters. The molecule has 106 valence electrons. The average molecular weight is 281 g/mol. The molecule has 0 fully saturated rings. The van der Waals surface area contributed by atoms with Crippen molar-refractivity contribution in [3.63, 3.8) is 0 Å². The predicted molar refractivity (Wildman–Crippen MR) is 81.1 cm³/mol. The summed E-state index contributed by atoms with van der Waals surface area (Å²) >= 11 is 1.52. The van der Waals surface area contributed by atoms with Crippen LogP contribution in [0.1, 0.15) is 26.3 Å². The number of hydrogen-bond donors (Lipinski definition) is 1. The fraction of sp³-hybridized carbons (Fsp3) is 0.533. The molecule has 1 aromatic carbocycles. The molecule has 3 nitrogen and oxygen atoms in total. The van der Waals surface area contributed by atoms with Crippen molar-refractivity contribution in [2.24, 2.45) is 0 Å². The van der Waals surface area contributed by atoms with Gasteiger partial charge < -0.3 is 10.0 Å². The van der Waals surface area contributed by atoms with Gasteiger partial charge in [-0.15, -0.1) is 0 Å². The van der Waals surface area contributed by atoms with Gasteiger partial charge in [0.2, 0.25) is 5.91 Å². The second-order valence-electron chi connectivity index (χ2n) is 5.37. The molecule has 0 spiro atoms. The maximum Gasteiger partial charge on any atom is 0.235 e. The number of rotatable bonds is 6. The Morgan fingerprint density at radius 2 is 1.95 bits per heavy atom. The number of hydrogen-bond acceptors (Lipinski definition) is 3. The van der Waals surface area contributed by atoms with E-state index >= 15 is 0 Å². The van der Waals surface area contributed by atoms with Gasteiger partial charge in [0.1, 0.15) is 0 Å². The summed E-state index contributed by atoms with van der Waals surface area (Å²) in [6.45, 7) is 6.22. The molecule has 4 heteroatoms. The Hall–Kier alpha value is -1.00. The van der Waals surface area contributed by atoms with E-state index in [1.165, 1.54) is 11.8 Å². The molecule has 0 bridgehead atoms. The van der Waals surface area contributed by atoms with Gasteiger partial charge in [0.15, 0.2) is 0 Å². The number of amides is 1. The van der Waals surface area contributed by atoms with Gasteiger partial charge in [0.25, 0.3) is 0 Å². The summed E-state index contributed by atoms with van der Waals surface area (Å²) in [5.41, 5.74) is 0.191. The monoisotopic (exact) mass is 281 g/mol. The Kier molecular flexibility index (Phi) is 5.88. The van der Waals surface area contributed by atoms with Crippen molar-refractivity contribution in [2.75, 3.05) is 12.8 Å². The molecule has 1 aromatic rings. The molecule has 19 heavy (non-hydrogen) atoms. The Morgan fingerprint density at radius 1 is 1.37 bits per heavy atom. The van der Waals surface area contributed by atoms with Crippen molar-refractivity contribution in [3.05, 3.63) is 35.9 Å². The first-order valence-electron chi connectivity index (χ1n) is 6.41. The minimum atomic E-state index is -0.886. The third-order valence-corrected chi connectivity index (χ3v) is 3.72. The molecule has 0 saturated carbocycles. The Bertz CT molecular complexity index is 400. The summed E-state index contributed by atoms with van der Waals surface area (Å²) in [6.07, 6.45) is 1.92.